The fourth-order valence-electron chi connectivity index (χ4n) is 2.20. The van der Waals surface area contributed by atoms with Gasteiger partial charge in [-0.15, -0.1) is 11.3 Å². The van der Waals surface area contributed by atoms with Gasteiger partial charge in [-0.2, -0.15) is 9.97 Å². The molecular weight excluding hydrogens is 476 g/mol. The molecule has 0 aliphatic heterocycles. The molecule has 0 fully saturated rings. The van der Waals surface area contributed by atoms with E-state index in [0.717, 1.165) is 11.3 Å². The second-order valence-electron chi connectivity index (χ2n) is 5.58. The lowest BCUT2D eigenvalue weighted by Crippen LogP contribution is -2.15. The Hall–Kier alpha value is -2.61. The number of methoxy groups -OCH3 is 2. The molecule has 30 heavy (non-hydrogen) atoms. The lowest BCUT2D eigenvalue weighted by Gasteiger charge is -2.10. The monoisotopic (exact) mass is 490 g/mol. The minimum Gasteiger partial charge on any atom is -0.481 e. The molecule has 0 atom stereocenters. The minimum atomic E-state index is -4.02. The Morgan fingerprint density at radius 1 is 0.900 bits per heavy atom. The van der Waals surface area contributed by atoms with Crippen LogP contribution in [0, 0.1) is 0 Å². The molecule has 2 N–H and O–H groups in total. The van der Waals surface area contributed by atoms with Crippen molar-refractivity contribution in [3.8, 4) is 11.9 Å². The van der Waals surface area contributed by atoms with Crippen LogP contribution >= 0.6 is 22.9 Å². The molecule has 3 aromatic rings. The first kappa shape index (κ1) is 22.1. The van der Waals surface area contributed by atoms with Gasteiger partial charge in [0, 0.05) is 11.8 Å². The van der Waals surface area contributed by atoms with Gasteiger partial charge in [0.15, 0.2) is 5.82 Å². The lowest BCUT2D eigenvalue weighted by atomic mass is 10.3. The summed E-state index contributed by atoms with van der Waals surface area (Å²) < 4.78 is 64.8. The van der Waals surface area contributed by atoms with E-state index in [1.54, 1.807) is 0 Å². The zero-order valence-electron chi connectivity index (χ0n) is 15.5. The number of thiophene rings is 1. The van der Waals surface area contributed by atoms with Crippen molar-refractivity contribution < 1.29 is 26.3 Å². The molecule has 0 saturated heterocycles. The molecule has 0 bridgehead atoms. The van der Waals surface area contributed by atoms with Gasteiger partial charge in [0.2, 0.25) is 5.88 Å². The van der Waals surface area contributed by atoms with Crippen molar-refractivity contribution in [2.24, 2.45) is 0 Å². The number of benzene rings is 1. The maximum Gasteiger partial charge on any atom is 0.321 e. The number of hydrogen-bond donors (Lipinski definition) is 2. The molecule has 0 radical (unpaired) electrons. The van der Waals surface area contributed by atoms with Gasteiger partial charge in [-0.25, -0.2) is 16.8 Å². The van der Waals surface area contributed by atoms with Crippen LogP contribution in [0.25, 0.3) is 0 Å². The van der Waals surface area contributed by atoms with Crippen LogP contribution in [0.5, 0.6) is 11.9 Å². The first-order valence-corrected chi connectivity index (χ1v) is 12.2. The Bertz CT molecular complexity index is 1240. The Kier molecular flexibility index (Phi) is 6.36. The number of anilines is 2. The average Bonchev–Trinajstić information content (AvgIpc) is 3.15. The molecule has 2 aromatic heterocycles. The van der Waals surface area contributed by atoms with Crippen LogP contribution in [-0.4, -0.2) is 41.0 Å². The quantitative estimate of drug-likeness (QED) is 0.491. The van der Waals surface area contributed by atoms with E-state index in [0.29, 0.717) is 4.34 Å². The van der Waals surface area contributed by atoms with Crippen molar-refractivity contribution in [3.63, 3.8) is 0 Å². The molecule has 0 amide bonds. The number of ether oxygens (including phenoxy) is 2. The van der Waals surface area contributed by atoms with Gasteiger partial charge in [-0.05, 0) is 36.4 Å². The standard InChI is InChI=1S/C16H15ClN4O6S3/c1-26-14-9-13(18-16(19-14)27-2)21-29(22,23)11-5-3-10(4-6-11)20-30(24,25)15-8-7-12(17)28-15/h3-9,20H,1-2H3,(H,18,19,21). The normalized spacial score (nSPS) is 11.7. The minimum absolute atomic E-state index is 0.0394. The van der Waals surface area contributed by atoms with Crippen LogP contribution in [-0.2, 0) is 20.0 Å². The number of sulfonamides is 2. The van der Waals surface area contributed by atoms with Crippen LogP contribution in [0.15, 0.2) is 51.6 Å². The molecule has 3 rings (SSSR count). The number of aromatic nitrogens is 2. The summed E-state index contributed by atoms with van der Waals surface area (Å²) >= 11 is 6.68. The van der Waals surface area contributed by atoms with Gasteiger partial charge >= 0.3 is 6.01 Å². The lowest BCUT2D eigenvalue weighted by molar-refractivity contribution is 0.353. The molecular formula is C16H15ClN4O6S3. The molecule has 0 aliphatic rings. The average molecular weight is 491 g/mol. The van der Waals surface area contributed by atoms with Crippen LogP contribution in [0.2, 0.25) is 4.34 Å². The summed E-state index contributed by atoms with van der Waals surface area (Å²) in [4.78, 5) is 7.68. The smallest absolute Gasteiger partial charge is 0.321 e. The maximum atomic E-state index is 12.6. The number of nitrogens with zero attached hydrogens (tertiary/aromatic N) is 2. The van der Waals surface area contributed by atoms with Crippen molar-refractivity contribution in [3.05, 3.63) is 46.8 Å². The highest BCUT2D eigenvalue weighted by atomic mass is 35.5. The van der Waals surface area contributed by atoms with E-state index in [1.165, 1.54) is 56.7 Å². The molecule has 0 spiro atoms. The Labute approximate surface area is 182 Å². The van der Waals surface area contributed by atoms with Crippen LogP contribution in [0.1, 0.15) is 0 Å². The SMILES string of the molecule is COc1cc(NS(=O)(=O)c2ccc(NS(=O)(=O)c3ccc(Cl)s3)cc2)nc(OC)n1. The molecule has 160 valence electrons. The van der Waals surface area contributed by atoms with Crippen LogP contribution in [0.4, 0.5) is 11.5 Å². The third kappa shape index (κ3) is 5.11. The molecule has 1 aromatic carbocycles. The predicted molar refractivity (Wildman–Crippen MR) is 113 cm³/mol. The number of hydrogen-bond acceptors (Lipinski definition) is 9. The fourth-order valence-corrected chi connectivity index (χ4v) is 5.73. The highest BCUT2D eigenvalue weighted by Gasteiger charge is 2.19. The molecule has 14 heteroatoms. The third-order valence-electron chi connectivity index (χ3n) is 3.54. The second kappa shape index (κ2) is 8.63. The predicted octanol–water partition coefficient (Wildman–Crippen LogP) is 2.81. The van der Waals surface area contributed by atoms with Gasteiger partial charge < -0.3 is 9.47 Å². The molecule has 0 aliphatic carbocycles. The van der Waals surface area contributed by atoms with E-state index >= 15 is 0 Å². The summed E-state index contributed by atoms with van der Waals surface area (Å²) in [5.74, 6) is 0.0519. The highest BCUT2D eigenvalue weighted by molar-refractivity contribution is 7.94. The van der Waals surface area contributed by atoms with Crippen molar-refractivity contribution in [2.45, 2.75) is 9.10 Å². The van der Waals surface area contributed by atoms with E-state index in [9.17, 15) is 16.8 Å². The number of rotatable bonds is 8. The van der Waals surface area contributed by atoms with Gasteiger partial charge in [0.05, 0.1) is 23.5 Å². The van der Waals surface area contributed by atoms with E-state index in [2.05, 4.69) is 19.4 Å². The first-order valence-electron chi connectivity index (χ1n) is 8.01. The number of nitrogens with one attached hydrogen (secondary N) is 2. The van der Waals surface area contributed by atoms with E-state index < -0.39 is 20.0 Å². The van der Waals surface area contributed by atoms with Crippen molar-refractivity contribution in [1.82, 2.24) is 9.97 Å². The Morgan fingerprint density at radius 3 is 2.17 bits per heavy atom. The summed E-state index contributed by atoms with van der Waals surface area (Å²) in [6, 6.07) is 9.20. The topological polar surface area (TPSA) is 137 Å². The second-order valence-corrected chi connectivity index (χ2v) is 10.9. The van der Waals surface area contributed by atoms with E-state index in [1.807, 2.05) is 0 Å². The molecule has 2 heterocycles. The van der Waals surface area contributed by atoms with Crippen LogP contribution < -0.4 is 18.9 Å². The number of halogens is 1. The fraction of sp³-hybridized carbons (Fsp3) is 0.125. The van der Waals surface area contributed by atoms with Gasteiger partial charge in [0.25, 0.3) is 20.0 Å². The molecule has 0 unspecified atom stereocenters. The zero-order chi connectivity index (χ0) is 21.9. The van der Waals surface area contributed by atoms with Gasteiger partial charge in [0.1, 0.15) is 4.21 Å². The van der Waals surface area contributed by atoms with Crippen LogP contribution in [0.3, 0.4) is 0 Å². The molecule has 10 nitrogen and oxygen atoms in total. The Balaban J connectivity index is 1.80. The largest absolute Gasteiger partial charge is 0.481 e. The van der Waals surface area contributed by atoms with Gasteiger partial charge in [-0.1, -0.05) is 11.6 Å². The summed E-state index contributed by atoms with van der Waals surface area (Å²) in [7, 11) is -5.15. The first-order chi connectivity index (χ1) is 14.1. The zero-order valence-corrected chi connectivity index (χ0v) is 18.7. The van der Waals surface area contributed by atoms with Crippen molar-refractivity contribution >= 4 is 54.5 Å². The van der Waals surface area contributed by atoms with Crippen molar-refractivity contribution in [2.75, 3.05) is 23.7 Å². The summed E-state index contributed by atoms with van der Waals surface area (Å²) in [5.41, 5.74) is 0.184. The highest BCUT2D eigenvalue weighted by Crippen LogP contribution is 2.28. The van der Waals surface area contributed by atoms with E-state index in [-0.39, 0.29) is 32.5 Å². The summed E-state index contributed by atoms with van der Waals surface area (Å²) in [6.07, 6.45) is 0. The summed E-state index contributed by atoms with van der Waals surface area (Å²) in [5, 5.41) is 0. The van der Waals surface area contributed by atoms with Crippen molar-refractivity contribution in [1.29, 1.82) is 0 Å². The van der Waals surface area contributed by atoms with Gasteiger partial charge in [-0.3, -0.25) is 9.44 Å². The third-order valence-corrected chi connectivity index (χ3v) is 8.02. The summed E-state index contributed by atoms with van der Waals surface area (Å²) in [6.45, 7) is 0. The Morgan fingerprint density at radius 2 is 1.60 bits per heavy atom. The maximum absolute atomic E-state index is 12.6. The molecule has 0 saturated carbocycles. The van der Waals surface area contributed by atoms with E-state index in [4.69, 9.17) is 21.1 Å².